The van der Waals surface area contributed by atoms with Crippen LogP contribution in [0.2, 0.25) is 0 Å². The van der Waals surface area contributed by atoms with Crippen LogP contribution in [0.25, 0.3) is 10.2 Å². The molecule has 2 aliphatic heterocycles. The Morgan fingerprint density at radius 3 is 2.74 bits per heavy atom. The lowest BCUT2D eigenvalue weighted by Gasteiger charge is -2.34. The maximum absolute atomic E-state index is 13.7. The standard InChI is InChI=1S/C23H24N2O5S/c1-14-21(30-17-9-4-3-8-16(17)29-14)22(26)25(13-15-7-6-12-28-15)23-24-20-18(27-2)10-5-11-19(20)31-23/h3-5,8-11,14-15,21H,6-7,12-13H2,1-2H3. The minimum atomic E-state index is -0.773. The zero-order valence-corrected chi connectivity index (χ0v) is 18.3. The smallest absolute Gasteiger partial charge is 0.273 e. The number of benzene rings is 2. The van der Waals surface area contributed by atoms with Gasteiger partial charge in [0.2, 0.25) is 6.10 Å². The molecule has 31 heavy (non-hydrogen) atoms. The van der Waals surface area contributed by atoms with E-state index in [2.05, 4.69) is 0 Å². The van der Waals surface area contributed by atoms with Gasteiger partial charge >= 0.3 is 0 Å². The number of rotatable bonds is 5. The third-order valence-electron chi connectivity index (χ3n) is 5.58. The summed E-state index contributed by atoms with van der Waals surface area (Å²) in [6, 6.07) is 13.2. The monoisotopic (exact) mass is 440 g/mol. The minimum absolute atomic E-state index is 0.0232. The van der Waals surface area contributed by atoms with Gasteiger partial charge in [-0.1, -0.05) is 29.5 Å². The fourth-order valence-electron chi connectivity index (χ4n) is 3.99. The van der Waals surface area contributed by atoms with Gasteiger partial charge in [-0.05, 0) is 44.0 Å². The van der Waals surface area contributed by atoms with Gasteiger partial charge in [0, 0.05) is 6.61 Å². The van der Waals surface area contributed by atoms with Crippen molar-refractivity contribution < 1.29 is 23.7 Å². The maximum atomic E-state index is 13.7. The molecule has 1 saturated heterocycles. The molecule has 1 amide bonds. The zero-order chi connectivity index (χ0) is 21.4. The summed E-state index contributed by atoms with van der Waals surface area (Å²) in [6.07, 6.45) is 0.680. The first-order chi connectivity index (χ1) is 15.1. The number of hydrogen-bond donors (Lipinski definition) is 0. The van der Waals surface area contributed by atoms with Crippen molar-refractivity contribution in [2.24, 2.45) is 0 Å². The minimum Gasteiger partial charge on any atom is -0.494 e. The highest BCUT2D eigenvalue weighted by atomic mass is 32.1. The lowest BCUT2D eigenvalue weighted by molar-refractivity contribution is -0.131. The molecule has 1 aromatic heterocycles. The van der Waals surface area contributed by atoms with E-state index in [-0.39, 0.29) is 12.0 Å². The van der Waals surface area contributed by atoms with E-state index >= 15 is 0 Å². The average molecular weight is 441 g/mol. The first-order valence-corrected chi connectivity index (χ1v) is 11.2. The van der Waals surface area contributed by atoms with Crippen LogP contribution in [0.3, 0.4) is 0 Å². The van der Waals surface area contributed by atoms with Crippen molar-refractivity contribution in [1.82, 2.24) is 4.98 Å². The number of anilines is 1. The number of nitrogens with zero attached hydrogens (tertiary/aromatic N) is 2. The van der Waals surface area contributed by atoms with E-state index in [0.29, 0.717) is 35.5 Å². The largest absolute Gasteiger partial charge is 0.494 e. The third-order valence-corrected chi connectivity index (χ3v) is 6.63. The summed E-state index contributed by atoms with van der Waals surface area (Å²) >= 11 is 1.46. The number of hydrogen-bond acceptors (Lipinski definition) is 7. The Labute approximate surface area is 184 Å². The molecule has 3 unspecified atom stereocenters. The van der Waals surface area contributed by atoms with Gasteiger partial charge in [0.25, 0.3) is 5.91 Å². The lowest BCUT2D eigenvalue weighted by Crippen LogP contribution is -2.52. The predicted molar refractivity (Wildman–Crippen MR) is 118 cm³/mol. The van der Waals surface area contributed by atoms with Crippen LogP contribution in [0.1, 0.15) is 19.8 Å². The summed E-state index contributed by atoms with van der Waals surface area (Å²) in [7, 11) is 1.62. The van der Waals surface area contributed by atoms with E-state index in [1.54, 1.807) is 12.0 Å². The number of carbonyl (C=O) groups excluding carboxylic acids is 1. The van der Waals surface area contributed by atoms with Crippen LogP contribution in [0.5, 0.6) is 17.2 Å². The molecule has 0 bridgehead atoms. The molecule has 5 rings (SSSR count). The van der Waals surface area contributed by atoms with Crippen LogP contribution in [0.15, 0.2) is 42.5 Å². The summed E-state index contributed by atoms with van der Waals surface area (Å²) in [4.78, 5) is 20.2. The van der Waals surface area contributed by atoms with Gasteiger partial charge in [0.05, 0.1) is 24.5 Å². The van der Waals surface area contributed by atoms with Gasteiger partial charge in [0.1, 0.15) is 17.4 Å². The average Bonchev–Trinajstić information content (AvgIpc) is 3.45. The Balaban J connectivity index is 1.49. The van der Waals surface area contributed by atoms with Crippen LogP contribution in [-0.4, -0.2) is 49.5 Å². The van der Waals surface area contributed by atoms with Crippen molar-refractivity contribution in [3.05, 3.63) is 42.5 Å². The summed E-state index contributed by atoms with van der Waals surface area (Å²) < 4.78 is 24.3. The van der Waals surface area contributed by atoms with E-state index in [0.717, 1.165) is 23.1 Å². The van der Waals surface area contributed by atoms with E-state index < -0.39 is 12.2 Å². The Kier molecular flexibility index (Phi) is 5.41. The number of para-hydroxylation sites is 3. The molecule has 2 aromatic carbocycles. The predicted octanol–water partition coefficient (Wildman–Crippen LogP) is 4.05. The molecule has 0 aliphatic carbocycles. The molecule has 8 heteroatoms. The van der Waals surface area contributed by atoms with Gasteiger partial charge in [0.15, 0.2) is 16.6 Å². The highest BCUT2D eigenvalue weighted by Crippen LogP contribution is 2.37. The van der Waals surface area contributed by atoms with Gasteiger partial charge in [-0.3, -0.25) is 9.69 Å². The van der Waals surface area contributed by atoms with Crippen molar-refractivity contribution in [3.63, 3.8) is 0 Å². The van der Waals surface area contributed by atoms with Crippen molar-refractivity contribution in [3.8, 4) is 17.2 Å². The second kappa shape index (κ2) is 8.36. The maximum Gasteiger partial charge on any atom is 0.273 e. The molecule has 0 radical (unpaired) electrons. The van der Waals surface area contributed by atoms with Crippen LogP contribution < -0.4 is 19.1 Å². The molecule has 0 saturated carbocycles. The molecule has 0 N–H and O–H groups in total. The Morgan fingerprint density at radius 1 is 1.19 bits per heavy atom. The summed E-state index contributed by atoms with van der Waals surface area (Å²) in [5.74, 6) is 1.72. The molecule has 3 atom stereocenters. The lowest BCUT2D eigenvalue weighted by atomic mass is 10.1. The number of carbonyl (C=O) groups is 1. The number of methoxy groups -OCH3 is 1. The van der Waals surface area contributed by atoms with Crippen LogP contribution in [0, 0.1) is 0 Å². The van der Waals surface area contributed by atoms with Gasteiger partial charge in [-0.15, -0.1) is 0 Å². The fraction of sp³-hybridized carbons (Fsp3) is 0.391. The SMILES string of the molecule is COc1cccc2sc(N(CC3CCCO3)C(=O)C3Oc4ccccc4OC3C)nc12. The first-order valence-electron chi connectivity index (χ1n) is 10.4. The molecule has 1 fully saturated rings. The van der Waals surface area contributed by atoms with Crippen LogP contribution in [0.4, 0.5) is 5.13 Å². The van der Waals surface area contributed by atoms with E-state index in [1.165, 1.54) is 11.3 Å². The fourth-order valence-corrected chi connectivity index (χ4v) is 4.99. The summed E-state index contributed by atoms with van der Waals surface area (Å²) in [5.41, 5.74) is 0.745. The molecular formula is C23H24N2O5S. The Hall–Kier alpha value is -2.84. The summed E-state index contributed by atoms with van der Waals surface area (Å²) in [5, 5.41) is 0.606. The quantitative estimate of drug-likeness (QED) is 0.596. The second-order valence-corrected chi connectivity index (χ2v) is 8.70. The molecule has 0 spiro atoms. The number of thiazole rings is 1. The van der Waals surface area contributed by atoms with Gasteiger partial charge in [-0.2, -0.15) is 0 Å². The van der Waals surface area contributed by atoms with Crippen molar-refractivity contribution in [2.75, 3.05) is 25.2 Å². The highest BCUT2D eigenvalue weighted by molar-refractivity contribution is 7.22. The molecule has 2 aliphatic rings. The second-order valence-electron chi connectivity index (χ2n) is 7.70. The van der Waals surface area contributed by atoms with Crippen molar-refractivity contribution >= 4 is 32.6 Å². The molecule has 3 heterocycles. The van der Waals surface area contributed by atoms with Crippen molar-refractivity contribution in [1.29, 1.82) is 0 Å². The van der Waals surface area contributed by atoms with Crippen LogP contribution >= 0.6 is 11.3 Å². The number of amides is 1. The highest BCUT2D eigenvalue weighted by Gasteiger charge is 2.39. The first kappa shape index (κ1) is 20.1. The van der Waals surface area contributed by atoms with Gasteiger partial charge in [-0.25, -0.2) is 4.98 Å². The number of ether oxygens (including phenoxy) is 4. The Bertz CT molecular complexity index is 1090. The van der Waals surface area contributed by atoms with E-state index in [1.807, 2.05) is 49.4 Å². The summed E-state index contributed by atoms with van der Waals surface area (Å²) in [6.45, 7) is 2.99. The number of aromatic nitrogens is 1. The zero-order valence-electron chi connectivity index (χ0n) is 17.4. The van der Waals surface area contributed by atoms with Gasteiger partial charge < -0.3 is 18.9 Å². The molecule has 162 valence electrons. The molecular weight excluding hydrogens is 416 g/mol. The molecule has 7 nitrogen and oxygen atoms in total. The number of fused-ring (bicyclic) bond motifs is 2. The van der Waals surface area contributed by atoms with Crippen LogP contribution in [-0.2, 0) is 9.53 Å². The molecule has 3 aromatic rings. The topological polar surface area (TPSA) is 70.1 Å². The van der Waals surface area contributed by atoms with E-state index in [9.17, 15) is 4.79 Å². The van der Waals surface area contributed by atoms with E-state index in [4.69, 9.17) is 23.9 Å². The third kappa shape index (κ3) is 3.81. The Morgan fingerprint density at radius 2 is 2.00 bits per heavy atom. The normalized spacial score (nSPS) is 22.5. The van der Waals surface area contributed by atoms with Crippen molar-refractivity contribution in [2.45, 2.75) is 38.1 Å².